The van der Waals surface area contributed by atoms with Gasteiger partial charge in [0.2, 0.25) is 5.91 Å². The molecular weight excluding hydrogens is 300 g/mol. The summed E-state index contributed by atoms with van der Waals surface area (Å²) in [7, 11) is 0. The van der Waals surface area contributed by atoms with Gasteiger partial charge in [0.05, 0.1) is 18.8 Å². The summed E-state index contributed by atoms with van der Waals surface area (Å²) in [6, 6.07) is 3.72. The van der Waals surface area contributed by atoms with Gasteiger partial charge in [0.25, 0.3) is 0 Å². The highest BCUT2D eigenvalue weighted by atomic mass is 32.2. The quantitative estimate of drug-likeness (QED) is 0.588. The highest BCUT2D eigenvalue weighted by molar-refractivity contribution is 8.00. The number of esters is 1. The van der Waals surface area contributed by atoms with E-state index in [9.17, 15) is 9.59 Å². The molecule has 6 heteroatoms. The van der Waals surface area contributed by atoms with Crippen molar-refractivity contribution in [3.05, 3.63) is 24.5 Å². The van der Waals surface area contributed by atoms with E-state index >= 15 is 0 Å². The van der Waals surface area contributed by atoms with Gasteiger partial charge >= 0.3 is 5.97 Å². The van der Waals surface area contributed by atoms with Crippen molar-refractivity contribution in [1.29, 1.82) is 0 Å². The summed E-state index contributed by atoms with van der Waals surface area (Å²) in [4.78, 5) is 28.8. The lowest BCUT2D eigenvalue weighted by Crippen LogP contribution is -2.52. The number of ether oxygens (including phenoxy) is 1. The molecule has 1 amide bonds. The number of pyridine rings is 1. The Hall–Kier alpha value is -1.56. The third-order valence-electron chi connectivity index (χ3n) is 3.54. The summed E-state index contributed by atoms with van der Waals surface area (Å²) in [6.07, 6.45) is 3.56. The Labute approximate surface area is 136 Å². The van der Waals surface area contributed by atoms with Crippen molar-refractivity contribution in [3.63, 3.8) is 0 Å². The molecule has 1 aromatic rings. The average Bonchev–Trinajstić information content (AvgIpc) is 2.46. The second-order valence-electron chi connectivity index (χ2n) is 5.57. The van der Waals surface area contributed by atoms with E-state index in [1.54, 1.807) is 19.3 Å². The van der Waals surface area contributed by atoms with Crippen LogP contribution in [0.3, 0.4) is 0 Å². The Morgan fingerprint density at radius 1 is 1.36 bits per heavy atom. The number of amides is 1. The molecule has 1 N–H and O–H groups in total. The van der Waals surface area contributed by atoms with Crippen LogP contribution in [0.15, 0.2) is 29.4 Å². The Balaban J connectivity index is 2.58. The van der Waals surface area contributed by atoms with Gasteiger partial charge in [-0.05, 0) is 31.9 Å². The van der Waals surface area contributed by atoms with Crippen LogP contribution in [0.5, 0.6) is 0 Å². The van der Waals surface area contributed by atoms with Crippen LogP contribution < -0.4 is 5.32 Å². The Kier molecular flexibility index (Phi) is 7.38. The average molecular weight is 324 g/mol. The van der Waals surface area contributed by atoms with Crippen molar-refractivity contribution >= 4 is 23.6 Å². The predicted molar refractivity (Wildman–Crippen MR) is 87.6 cm³/mol. The van der Waals surface area contributed by atoms with E-state index in [1.807, 2.05) is 32.9 Å². The van der Waals surface area contributed by atoms with E-state index in [2.05, 4.69) is 10.3 Å². The van der Waals surface area contributed by atoms with E-state index in [4.69, 9.17) is 4.74 Å². The molecule has 1 atom stereocenters. The largest absolute Gasteiger partial charge is 0.466 e. The lowest BCUT2D eigenvalue weighted by atomic mass is 9.85. The number of carbonyl (C=O) groups is 2. The number of thioether (sulfide) groups is 1. The van der Waals surface area contributed by atoms with Gasteiger partial charge < -0.3 is 10.1 Å². The van der Waals surface area contributed by atoms with Crippen molar-refractivity contribution in [3.8, 4) is 0 Å². The number of aromatic nitrogens is 1. The standard InChI is InChI=1S/C16H24N2O3S/c1-5-21-15(20)10-16(4,12(2)3)18-14(19)11-22-13-6-8-17-9-7-13/h6-9,12H,5,10-11H2,1-4H3,(H,18,19)/t16-/m1/s1. The van der Waals surface area contributed by atoms with E-state index in [1.165, 1.54) is 11.8 Å². The van der Waals surface area contributed by atoms with E-state index in [0.29, 0.717) is 12.4 Å². The molecule has 0 aliphatic carbocycles. The molecule has 1 rings (SSSR count). The molecule has 0 aliphatic heterocycles. The molecule has 22 heavy (non-hydrogen) atoms. The van der Waals surface area contributed by atoms with Crippen molar-refractivity contribution in [2.24, 2.45) is 5.92 Å². The molecule has 0 radical (unpaired) electrons. The highest BCUT2D eigenvalue weighted by Crippen LogP contribution is 2.22. The van der Waals surface area contributed by atoms with Crippen LogP contribution in [0, 0.1) is 5.92 Å². The SMILES string of the molecule is CCOC(=O)C[C@@](C)(NC(=O)CSc1ccncc1)C(C)C. The lowest BCUT2D eigenvalue weighted by Gasteiger charge is -2.34. The molecule has 122 valence electrons. The first kappa shape index (κ1) is 18.5. The summed E-state index contributed by atoms with van der Waals surface area (Å²) < 4.78 is 5.00. The molecule has 0 saturated heterocycles. The van der Waals surface area contributed by atoms with E-state index in [-0.39, 0.29) is 24.2 Å². The van der Waals surface area contributed by atoms with Gasteiger partial charge in [-0.3, -0.25) is 14.6 Å². The van der Waals surface area contributed by atoms with Crippen LogP contribution in [0.2, 0.25) is 0 Å². The first-order valence-electron chi connectivity index (χ1n) is 7.37. The molecule has 0 spiro atoms. The zero-order chi connectivity index (χ0) is 16.6. The third-order valence-corrected chi connectivity index (χ3v) is 4.55. The molecule has 0 unspecified atom stereocenters. The van der Waals surface area contributed by atoms with Crippen LogP contribution in [0.4, 0.5) is 0 Å². The third kappa shape index (κ3) is 6.05. The summed E-state index contributed by atoms with van der Waals surface area (Å²) >= 11 is 1.44. The molecular formula is C16H24N2O3S. The van der Waals surface area contributed by atoms with Crippen LogP contribution in [0.25, 0.3) is 0 Å². The van der Waals surface area contributed by atoms with E-state index in [0.717, 1.165) is 4.90 Å². The topological polar surface area (TPSA) is 68.3 Å². The minimum absolute atomic E-state index is 0.0951. The molecule has 5 nitrogen and oxygen atoms in total. The van der Waals surface area contributed by atoms with Gasteiger partial charge in [0, 0.05) is 22.8 Å². The van der Waals surface area contributed by atoms with Crippen molar-refractivity contribution in [2.45, 2.75) is 44.6 Å². The fraction of sp³-hybridized carbons (Fsp3) is 0.562. The molecule has 0 bridgehead atoms. The zero-order valence-corrected chi connectivity index (χ0v) is 14.4. The van der Waals surface area contributed by atoms with Crippen molar-refractivity contribution < 1.29 is 14.3 Å². The zero-order valence-electron chi connectivity index (χ0n) is 13.6. The number of hydrogen-bond donors (Lipinski definition) is 1. The van der Waals surface area contributed by atoms with Gasteiger partial charge in [0.1, 0.15) is 0 Å². The summed E-state index contributed by atoms with van der Waals surface area (Å²) in [6.45, 7) is 7.96. The van der Waals surface area contributed by atoms with Gasteiger partial charge in [-0.1, -0.05) is 13.8 Å². The Morgan fingerprint density at radius 3 is 2.55 bits per heavy atom. The fourth-order valence-electron chi connectivity index (χ4n) is 1.84. The smallest absolute Gasteiger partial charge is 0.308 e. The van der Waals surface area contributed by atoms with Gasteiger partial charge in [-0.25, -0.2) is 0 Å². The number of nitrogens with zero attached hydrogens (tertiary/aromatic N) is 1. The normalized spacial score (nSPS) is 13.5. The molecule has 1 heterocycles. The van der Waals surface area contributed by atoms with Crippen LogP contribution in [-0.2, 0) is 14.3 Å². The number of nitrogens with one attached hydrogen (secondary N) is 1. The first-order valence-corrected chi connectivity index (χ1v) is 8.35. The minimum Gasteiger partial charge on any atom is -0.466 e. The Bertz CT molecular complexity index is 493. The maximum atomic E-state index is 12.2. The second-order valence-corrected chi connectivity index (χ2v) is 6.62. The molecule has 1 aromatic heterocycles. The van der Waals surface area contributed by atoms with Gasteiger partial charge in [-0.2, -0.15) is 0 Å². The summed E-state index contributed by atoms with van der Waals surface area (Å²) in [5, 5.41) is 2.98. The molecule has 0 saturated carbocycles. The number of carbonyl (C=O) groups excluding carboxylic acids is 2. The van der Waals surface area contributed by atoms with E-state index < -0.39 is 5.54 Å². The van der Waals surface area contributed by atoms with Crippen LogP contribution >= 0.6 is 11.8 Å². The van der Waals surface area contributed by atoms with Gasteiger partial charge in [-0.15, -0.1) is 11.8 Å². The maximum Gasteiger partial charge on any atom is 0.308 e. The second kappa shape index (κ2) is 8.78. The monoisotopic (exact) mass is 324 g/mol. The number of rotatable bonds is 8. The van der Waals surface area contributed by atoms with Gasteiger partial charge in [0.15, 0.2) is 0 Å². The van der Waals surface area contributed by atoms with Crippen molar-refractivity contribution in [2.75, 3.05) is 12.4 Å². The molecule has 0 fully saturated rings. The first-order chi connectivity index (χ1) is 10.4. The van der Waals surface area contributed by atoms with Crippen molar-refractivity contribution in [1.82, 2.24) is 10.3 Å². The molecule has 0 aromatic carbocycles. The van der Waals surface area contributed by atoms with Crippen LogP contribution in [-0.4, -0.2) is 34.8 Å². The number of hydrogen-bond acceptors (Lipinski definition) is 5. The molecule has 0 aliphatic rings. The maximum absolute atomic E-state index is 12.2. The summed E-state index contributed by atoms with van der Waals surface area (Å²) in [5.74, 6) is 0.0321. The Morgan fingerprint density at radius 2 is 2.00 bits per heavy atom. The predicted octanol–water partition coefficient (Wildman–Crippen LogP) is 2.66. The van der Waals surface area contributed by atoms with Crippen LogP contribution in [0.1, 0.15) is 34.1 Å². The summed E-state index contributed by atoms with van der Waals surface area (Å²) in [5.41, 5.74) is -0.609. The fourth-order valence-corrected chi connectivity index (χ4v) is 2.53. The highest BCUT2D eigenvalue weighted by Gasteiger charge is 2.33. The lowest BCUT2D eigenvalue weighted by molar-refractivity contribution is -0.145. The minimum atomic E-state index is -0.609.